The number of rotatable bonds is 25. The zero-order valence-corrected chi connectivity index (χ0v) is 22.0. The summed E-state index contributed by atoms with van der Waals surface area (Å²) in [4.78, 5) is 22.9. The molecule has 1 N–H and O–H groups in total. The Bertz CT molecular complexity index is 472. The average Bonchev–Trinajstić information content (AvgIpc) is 2.79. The predicted molar refractivity (Wildman–Crippen MR) is 140 cm³/mol. The van der Waals surface area contributed by atoms with Crippen LogP contribution in [0.3, 0.4) is 0 Å². The van der Waals surface area contributed by atoms with E-state index in [-0.39, 0.29) is 18.5 Å². The van der Waals surface area contributed by atoms with Crippen LogP contribution in [0.25, 0.3) is 0 Å². The van der Waals surface area contributed by atoms with Gasteiger partial charge in [0.25, 0.3) is 0 Å². The molecule has 0 aliphatic heterocycles. The molecule has 0 fully saturated rings. The first-order chi connectivity index (χ1) is 16.1. The van der Waals surface area contributed by atoms with Crippen LogP contribution in [0, 0.1) is 0 Å². The molecule has 4 heteroatoms. The predicted octanol–water partition coefficient (Wildman–Crippen LogP) is 9.16. The van der Waals surface area contributed by atoms with Gasteiger partial charge in [-0.05, 0) is 64.2 Å². The molecule has 0 heterocycles. The molecule has 0 saturated carbocycles. The summed E-state index contributed by atoms with van der Waals surface area (Å²) in [6.45, 7) is 4.45. The van der Waals surface area contributed by atoms with Crippen LogP contribution >= 0.6 is 0 Å². The summed E-state index contributed by atoms with van der Waals surface area (Å²) >= 11 is 0. The number of aliphatic carboxylic acids is 1. The van der Waals surface area contributed by atoms with Gasteiger partial charge in [-0.2, -0.15) is 0 Å². The molecule has 0 rings (SSSR count). The highest BCUT2D eigenvalue weighted by atomic mass is 16.5. The maximum atomic E-state index is 12.3. The Morgan fingerprint density at radius 3 is 1.70 bits per heavy atom. The van der Waals surface area contributed by atoms with Crippen molar-refractivity contribution in [2.45, 2.75) is 161 Å². The Morgan fingerprint density at radius 2 is 1.09 bits per heavy atom. The summed E-state index contributed by atoms with van der Waals surface area (Å²) in [6.07, 6.45) is 28.0. The number of allylic oxidation sites excluding steroid dienone is 2. The van der Waals surface area contributed by atoms with Crippen molar-refractivity contribution >= 4 is 11.9 Å². The molecular formula is C29H54O4. The van der Waals surface area contributed by atoms with Gasteiger partial charge in [-0.15, -0.1) is 0 Å². The van der Waals surface area contributed by atoms with E-state index in [9.17, 15) is 9.59 Å². The molecule has 0 aliphatic rings. The Kier molecular flexibility index (Phi) is 24.3. The fourth-order valence-electron chi connectivity index (χ4n) is 4.12. The number of carbonyl (C=O) groups excluding carboxylic acids is 1. The second-order valence-electron chi connectivity index (χ2n) is 9.58. The van der Waals surface area contributed by atoms with Gasteiger partial charge < -0.3 is 9.84 Å². The highest BCUT2D eigenvalue weighted by Gasteiger charge is 2.14. The Labute approximate surface area is 204 Å². The lowest BCUT2D eigenvalue weighted by molar-refractivity contribution is -0.150. The zero-order valence-electron chi connectivity index (χ0n) is 22.0. The fraction of sp³-hybridized carbons (Fsp3) is 0.862. The van der Waals surface area contributed by atoms with Crippen LogP contribution < -0.4 is 0 Å². The quantitative estimate of drug-likeness (QED) is 0.0827. The molecule has 0 spiro atoms. The lowest BCUT2D eigenvalue weighted by atomic mass is 10.0. The van der Waals surface area contributed by atoms with E-state index in [1.807, 2.05) is 0 Å². The third-order valence-electron chi connectivity index (χ3n) is 6.24. The normalized spacial score (nSPS) is 12.3. The Balaban J connectivity index is 3.88. The van der Waals surface area contributed by atoms with Crippen molar-refractivity contribution in [1.29, 1.82) is 0 Å². The van der Waals surface area contributed by atoms with Gasteiger partial charge >= 0.3 is 11.9 Å². The van der Waals surface area contributed by atoms with Gasteiger partial charge in [0.1, 0.15) is 6.10 Å². The van der Waals surface area contributed by atoms with E-state index in [1.165, 1.54) is 70.6 Å². The average molecular weight is 467 g/mol. The van der Waals surface area contributed by atoms with Crippen molar-refractivity contribution in [3.05, 3.63) is 12.2 Å². The lowest BCUT2D eigenvalue weighted by Gasteiger charge is -2.18. The standard InChI is InChI=1S/C29H54O4/c1-3-5-7-9-10-11-12-13-14-15-16-22-26-29(32)33-27(23-19-8-6-4-2)24-20-17-18-21-25-28(30)31/h10-11,27H,3-9,12-26H2,1-2H3,(H,30,31)/b11-10-. The zero-order chi connectivity index (χ0) is 24.4. The van der Waals surface area contributed by atoms with Crippen LogP contribution in [0.1, 0.15) is 155 Å². The van der Waals surface area contributed by atoms with Crippen molar-refractivity contribution in [2.75, 3.05) is 0 Å². The van der Waals surface area contributed by atoms with Crippen LogP contribution in [0.4, 0.5) is 0 Å². The number of hydrogen-bond donors (Lipinski definition) is 1. The molecule has 0 aromatic rings. The van der Waals surface area contributed by atoms with E-state index in [1.54, 1.807) is 0 Å². The molecule has 0 aromatic heterocycles. The van der Waals surface area contributed by atoms with E-state index >= 15 is 0 Å². The SMILES string of the molecule is CCCCC/C=C\CCCCCCCC(=O)OC(CCCCCC)CCCCCCC(=O)O. The first kappa shape index (κ1) is 31.7. The molecule has 1 unspecified atom stereocenters. The minimum Gasteiger partial charge on any atom is -0.481 e. The molecule has 0 bridgehead atoms. The Morgan fingerprint density at radius 1 is 0.636 bits per heavy atom. The third-order valence-corrected chi connectivity index (χ3v) is 6.24. The smallest absolute Gasteiger partial charge is 0.306 e. The van der Waals surface area contributed by atoms with E-state index < -0.39 is 5.97 Å². The number of ether oxygens (including phenoxy) is 1. The van der Waals surface area contributed by atoms with E-state index in [4.69, 9.17) is 9.84 Å². The molecule has 4 nitrogen and oxygen atoms in total. The maximum Gasteiger partial charge on any atom is 0.306 e. The van der Waals surface area contributed by atoms with E-state index in [2.05, 4.69) is 26.0 Å². The van der Waals surface area contributed by atoms with Crippen molar-refractivity contribution in [1.82, 2.24) is 0 Å². The summed E-state index contributed by atoms with van der Waals surface area (Å²) in [5, 5.41) is 8.72. The molecule has 33 heavy (non-hydrogen) atoms. The molecule has 0 aliphatic carbocycles. The highest BCUT2D eigenvalue weighted by molar-refractivity contribution is 5.69. The third kappa shape index (κ3) is 25.1. The van der Waals surface area contributed by atoms with Crippen molar-refractivity contribution in [3.8, 4) is 0 Å². The highest BCUT2D eigenvalue weighted by Crippen LogP contribution is 2.17. The van der Waals surface area contributed by atoms with Gasteiger partial charge in [-0.25, -0.2) is 0 Å². The molecule has 0 saturated heterocycles. The van der Waals surface area contributed by atoms with E-state index in [0.29, 0.717) is 6.42 Å². The van der Waals surface area contributed by atoms with Crippen LogP contribution in [0.15, 0.2) is 12.2 Å². The van der Waals surface area contributed by atoms with Crippen molar-refractivity contribution in [2.24, 2.45) is 0 Å². The van der Waals surface area contributed by atoms with Crippen LogP contribution in [0.2, 0.25) is 0 Å². The van der Waals surface area contributed by atoms with Crippen LogP contribution in [-0.2, 0) is 14.3 Å². The van der Waals surface area contributed by atoms with Gasteiger partial charge in [0, 0.05) is 12.8 Å². The minimum absolute atomic E-state index is 0.0311. The molecule has 194 valence electrons. The number of esters is 1. The number of carbonyl (C=O) groups is 2. The van der Waals surface area contributed by atoms with Gasteiger partial charge in [0.15, 0.2) is 0 Å². The largest absolute Gasteiger partial charge is 0.481 e. The molecular weight excluding hydrogens is 412 g/mol. The van der Waals surface area contributed by atoms with Gasteiger partial charge in [-0.1, -0.05) is 90.2 Å². The molecule has 0 amide bonds. The van der Waals surface area contributed by atoms with Crippen LogP contribution in [-0.4, -0.2) is 23.1 Å². The van der Waals surface area contributed by atoms with Crippen molar-refractivity contribution in [3.63, 3.8) is 0 Å². The molecule has 1 atom stereocenters. The van der Waals surface area contributed by atoms with Gasteiger partial charge in [-0.3, -0.25) is 9.59 Å². The maximum absolute atomic E-state index is 12.3. The molecule has 0 radical (unpaired) electrons. The lowest BCUT2D eigenvalue weighted by Crippen LogP contribution is -2.18. The number of unbranched alkanes of at least 4 members (excludes halogenated alkanes) is 14. The number of hydrogen-bond acceptors (Lipinski definition) is 3. The summed E-state index contributed by atoms with van der Waals surface area (Å²) < 4.78 is 5.83. The second-order valence-corrected chi connectivity index (χ2v) is 9.58. The van der Waals surface area contributed by atoms with Gasteiger partial charge in [0.05, 0.1) is 0 Å². The molecule has 0 aromatic carbocycles. The van der Waals surface area contributed by atoms with Crippen molar-refractivity contribution < 1.29 is 19.4 Å². The summed E-state index contributed by atoms with van der Waals surface area (Å²) in [5.41, 5.74) is 0. The number of carboxylic acid groups (broad SMARTS) is 1. The summed E-state index contributed by atoms with van der Waals surface area (Å²) in [5.74, 6) is -0.747. The first-order valence-electron chi connectivity index (χ1n) is 14.2. The minimum atomic E-state index is -0.715. The first-order valence-corrected chi connectivity index (χ1v) is 14.2. The summed E-state index contributed by atoms with van der Waals surface area (Å²) in [6, 6.07) is 0. The number of carboxylic acids is 1. The van der Waals surface area contributed by atoms with Gasteiger partial charge in [0.2, 0.25) is 0 Å². The van der Waals surface area contributed by atoms with Crippen LogP contribution in [0.5, 0.6) is 0 Å². The Hall–Kier alpha value is -1.32. The summed E-state index contributed by atoms with van der Waals surface area (Å²) in [7, 11) is 0. The fourth-order valence-corrected chi connectivity index (χ4v) is 4.12. The second kappa shape index (κ2) is 25.3. The van der Waals surface area contributed by atoms with E-state index in [0.717, 1.165) is 57.8 Å². The monoisotopic (exact) mass is 466 g/mol. The topological polar surface area (TPSA) is 63.6 Å².